The molecule has 0 spiro atoms. The van der Waals surface area contributed by atoms with E-state index in [1.165, 1.54) is 0 Å². The zero-order chi connectivity index (χ0) is 14.3. The quantitative estimate of drug-likeness (QED) is 0.428. The number of hydrogen-bond acceptors (Lipinski definition) is 4. The first-order valence-corrected chi connectivity index (χ1v) is 7.59. The molecule has 3 N–H and O–H groups in total. The summed E-state index contributed by atoms with van der Waals surface area (Å²) in [6.45, 7) is 6.53. The van der Waals surface area contributed by atoms with Crippen molar-refractivity contribution in [3.63, 3.8) is 0 Å². The number of anilines is 1. The molecule has 5 nitrogen and oxygen atoms in total. The fourth-order valence-electron chi connectivity index (χ4n) is 1.44. The number of nitrogens with one attached hydrogen (secondary N) is 1. The van der Waals surface area contributed by atoms with Crippen molar-refractivity contribution in [3.05, 3.63) is 42.0 Å². The van der Waals surface area contributed by atoms with Crippen LogP contribution in [0.15, 0.2) is 36.4 Å². The van der Waals surface area contributed by atoms with Crippen molar-refractivity contribution in [1.82, 2.24) is 4.72 Å². The number of ether oxygens (including phenoxy) is 1. The highest BCUT2D eigenvalue weighted by molar-refractivity contribution is 7.88. The lowest BCUT2D eigenvalue weighted by atomic mass is 10.2. The van der Waals surface area contributed by atoms with E-state index in [1.54, 1.807) is 24.3 Å². The molecule has 0 bridgehead atoms. The summed E-state index contributed by atoms with van der Waals surface area (Å²) >= 11 is 0. The molecule has 0 aliphatic carbocycles. The van der Waals surface area contributed by atoms with Crippen molar-refractivity contribution in [2.75, 3.05) is 25.5 Å². The summed E-state index contributed by atoms with van der Waals surface area (Å²) < 4.78 is 31.3. The molecule has 106 valence electrons. The molecule has 0 saturated carbocycles. The summed E-state index contributed by atoms with van der Waals surface area (Å²) in [5, 5.41) is 0. The average molecular weight is 284 g/mol. The van der Waals surface area contributed by atoms with Gasteiger partial charge in [0.2, 0.25) is 10.0 Å². The van der Waals surface area contributed by atoms with Gasteiger partial charge in [0.25, 0.3) is 0 Å². The Morgan fingerprint density at radius 3 is 2.74 bits per heavy atom. The van der Waals surface area contributed by atoms with Gasteiger partial charge < -0.3 is 10.5 Å². The molecule has 1 rings (SSSR count). The van der Waals surface area contributed by atoms with E-state index in [1.807, 2.05) is 6.92 Å². The molecule has 0 saturated heterocycles. The summed E-state index contributed by atoms with van der Waals surface area (Å²) in [5.74, 6) is -0.125. The molecule has 0 aromatic heterocycles. The number of nitrogens with two attached hydrogens (primary N) is 1. The summed E-state index contributed by atoms with van der Waals surface area (Å²) in [5.41, 5.74) is 7.69. The first-order valence-electron chi connectivity index (χ1n) is 5.93. The number of hydrogen-bond donors (Lipinski definition) is 2. The SMILES string of the molecule is C=C(C)COCCNS(=O)(=O)Cc1ccccc1N. The van der Waals surface area contributed by atoms with Crippen LogP contribution in [0.5, 0.6) is 0 Å². The maximum absolute atomic E-state index is 11.8. The predicted octanol–water partition coefficient (Wildman–Crippen LogP) is 1.28. The number of para-hydroxylation sites is 1. The fourth-order valence-corrected chi connectivity index (χ4v) is 2.61. The second kappa shape index (κ2) is 7.28. The summed E-state index contributed by atoms with van der Waals surface area (Å²) in [4.78, 5) is 0. The van der Waals surface area contributed by atoms with E-state index >= 15 is 0 Å². The monoisotopic (exact) mass is 284 g/mol. The van der Waals surface area contributed by atoms with Crippen LogP contribution in [0.1, 0.15) is 12.5 Å². The molecule has 0 heterocycles. The smallest absolute Gasteiger partial charge is 0.215 e. The lowest BCUT2D eigenvalue weighted by Crippen LogP contribution is -2.29. The van der Waals surface area contributed by atoms with Crippen LogP contribution in [-0.2, 0) is 20.5 Å². The molecule has 0 aliphatic heterocycles. The molecule has 19 heavy (non-hydrogen) atoms. The number of nitrogen functional groups attached to an aromatic ring is 1. The van der Waals surface area contributed by atoms with Gasteiger partial charge in [0.1, 0.15) is 0 Å². The van der Waals surface area contributed by atoms with Crippen molar-refractivity contribution in [1.29, 1.82) is 0 Å². The van der Waals surface area contributed by atoms with E-state index in [0.29, 0.717) is 24.5 Å². The van der Waals surface area contributed by atoms with E-state index in [9.17, 15) is 8.42 Å². The average Bonchev–Trinajstić information content (AvgIpc) is 2.31. The van der Waals surface area contributed by atoms with Gasteiger partial charge in [0.15, 0.2) is 0 Å². The molecular weight excluding hydrogens is 264 g/mol. The molecule has 0 fully saturated rings. The topological polar surface area (TPSA) is 81.4 Å². The van der Waals surface area contributed by atoms with Gasteiger partial charge in [-0.3, -0.25) is 0 Å². The van der Waals surface area contributed by atoms with Crippen LogP contribution in [0.25, 0.3) is 0 Å². The Bertz CT molecular complexity index is 526. The highest BCUT2D eigenvalue weighted by Crippen LogP contribution is 2.13. The van der Waals surface area contributed by atoms with Crippen molar-refractivity contribution >= 4 is 15.7 Å². The minimum Gasteiger partial charge on any atom is -0.398 e. The van der Waals surface area contributed by atoms with Crippen LogP contribution in [-0.4, -0.2) is 28.2 Å². The van der Waals surface area contributed by atoms with Gasteiger partial charge in [0, 0.05) is 12.2 Å². The third-order valence-electron chi connectivity index (χ3n) is 2.32. The molecule has 0 amide bonds. The summed E-state index contributed by atoms with van der Waals surface area (Å²) in [7, 11) is -3.39. The number of sulfonamides is 1. The zero-order valence-electron chi connectivity index (χ0n) is 11.1. The zero-order valence-corrected chi connectivity index (χ0v) is 11.9. The standard InChI is InChI=1S/C13H20N2O3S/c1-11(2)9-18-8-7-15-19(16,17)10-12-5-3-4-6-13(12)14/h3-6,15H,1,7-10,14H2,2H3. The Kier molecular flexibility index (Phi) is 6.01. The van der Waals surface area contributed by atoms with E-state index in [-0.39, 0.29) is 12.3 Å². The second-order valence-corrected chi connectivity index (χ2v) is 6.17. The number of benzene rings is 1. The minimum absolute atomic E-state index is 0.125. The van der Waals surface area contributed by atoms with Crippen molar-refractivity contribution in [2.45, 2.75) is 12.7 Å². The lowest BCUT2D eigenvalue weighted by molar-refractivity contribution is 0.162. The second-order valence-electron chi connectivity index (χ2n) is 4.36. The Morgan fingerprint density at radius 1 is 1.42 bits per heavy atom. The summed E-state index contributed by atoms with van der Waals surface area (Å²) in [6, 6.07) is 6.91. The Balaban J connectivity index is 2.40. The largest absolute Gasteiger partial charge is 0.398 e. The maximum atomic E-state index is 11.8. The van der Waals surface area contributed by atoms with Crippen LogP contribution in [0.3, 0.4) is 0 Å². The van der Waals surface area contributed by atoms with Crippen molar-refractivity contribution in [2.24, 2.45) is 0 Å². The van der Waals surface area contributed by atoms with E-state index in [0.717, 1.165) is 5.57 Å². The third-order valence-corrected chi connectivity index (χ3v) is 3.65. The first kappa shape index (κ1) is 15.7. The van der Waals surface area contributed by atoms with Gasteiger partial charge in [-0.1, -0.05) is 30.4 Å². The molecule has 1 aromatic rings. The number of rotatable bonds is 8. The van der Waals surface area contributed by atoms with Crippen LogP contribution < -0.4 is 10.5 Å². The first-order chi connectivity index (χ1) is 8.91. The van der Waals surface area contributed by atoms with Gasteiger partial charge in [-0.2, -0.15) is 0 Å². The van der Waals surface area contributed by atoms with Crippen molar-refractivity contribution < 1.29 is 13.2 Å². The van der Waals surface area contributed by atoms with Crippen LogP contribution in [0, 0.1) is 0 Å². The Morgan fingerprint density at radius 2 is 2.11 bits per heavy atom. The molecule has 0 aliphatic rings. The Hall–Kier alpha value is -1.37. The van der Waals surface area contributed by atoms with Gasteiger partial charge in [0.05, 0.1) is 19.0 Å². The molecule has 0 unspecified atom stereocenters. The van der Waals surface area contributed by atoms with E-state index in [4.69, 9.17) is 10.5 Å². The fraction of sp³-hybridized carbons (Fsp3) is 0.385. The van der Waals surface area contributed by atoms with Gasteiger partial charge in [-0.15, -0.1) is 0 Å². The molecule has 1 aromatic carbocycles. The molecule has 0 atom stereocenters. The summed E-state index contributed by atoms with van der Waals surface area (Å²) in [6.07, 6.45) is 0. The van der Waals surface area contributed by atoms with Crippen LogP contribution >= 0.6 is 0 Å². The van der Waals surface area contributed by atoms with Gasteiger partial charge >= 0.3 is 0 Å². The maximum Gasteiger partial charge on any atom is 0.215 e. The van der Waals surface area contributed by atoms with E-state index in [2.05, 4.69) is 11.3 Å². The van der Waals surface area contributed by atoms with Gasteiger partial charge in [-0.25, -0.2) is 13.1 Å². The molecule has 6 heteroatoms. The predicted molar refractivity (Wildman–Crippen MR) is 77.1 cm³/mol. The molecular formula is C13H20N2O3S. The van der Waals surface area contributed by atoms with Crippen LogP contribution in [0.2, 0.25) is 0 Å². The lowest BCUT2D eigenvalue weighted by Gasteiger charge is -2.09. The van der Waals surface area contributed by atoms with Crippen molar-refractivity contribution in [3.8, 4) is 0 Å². The highest BCUT2D eigenvalue weighted by atomic mass is 32.2. The molecule has 0 radical (unpaired) electrons. The van der Waals surface area contributed by atoms with Crippen LogP contribution in [0.4, 0.5) is 5.69 Å². The highest BCUT2D eigenvalue weighted by Gasteiger charge is 2.12. The Labute approximate surface area is 114 Å². The minimum atomic E-state index is -3.39. The van der Waals surface area contributed by atoms with Gasteiger partial charge in [-0.05, 0) is 18.6 Å². The van der Waals surface area contributed by atoms with E-state index < -0.39 is 10.0 Å². The third kappa shape index (κ3) is 6.37. The normalized spacial score (nSPS) is 11.4.